The summed E-state index contributed by atoms with van der Waals surface area (Å²) in [5.41, 5.74) is 8.32. The van der Waals surface area contributed by atoms with E-state index in [0.717, 1.165) is 37.9 Å². The summed E-state index contributed by atoms with van der Waals surface area (Å²) in [6.07, 6.45) is 3.46. The SMILES string of the molecule is [NH]C(Cc1cc(F)ccc1F)C1CCCCN1. The van der Waals surface area contributed by atoms with Gasteiger partial charge in [-0.2, -0.15) is 0 Å². The van der Waals surface area contributed by atoms with Crippen LogP contribution in [-0.4, -0.2) is 18.6 Å². The van der Waals surface area contributed by atoms with Gasteiger partial charge in [-0.15, -0.1) is 0 Å². The molecule has 0 bridgehead atoms. The summed E-state index contributed by atoms with van der Waals surface area (Å²) in [5.74, 6) is -0.857. The molecule has 2 unspecified atom stereocenters. The van der Waals surface area contributed by atoms with E-state index in [1.54, 1.807) is 0 Å². The van der Waals surface area contributed by atoms with Crippen molar-refractivity contribution in [2.45, 2.75) is 37.8 Å². The van der Waals surface area contributed by atoms with Crippen molar-refractivity contribution in [3.05, 3.63) is 35.4 Å². The first-order valence-electron chi connectivity index (χ1n) is 6.05. The Morgan fingerprint density at radius 3 is 2.88 bits per heavy atom. The molecule has 1 saturated heterocycles. The fourth-order valence-corrected chi connectivity index (χ4v) is 2.30. The maximum Gasteiger partial charge on any atom is 0.126 e. The average Bonchev–Trinajstić information content (AvgIpc) is 2.35. The third-order valence-corrected chi connectivity index (χ3v) is 3.28. The van der Waals surface area contributed by atoms with E-state index in [2.05, 4.69) is 5.32 Å². The molecule has 1 aliphatic heterocycles. The molecule has 93 valence electrons. The lowest BCUT2D eigenvalue weighted by molar-refractivity contribution is 0.340. The van der Waals surface area contributed by atoms with E-state index < -0.39 is 17.7 Å². The Labute approximate surface area is 100 Å². The van der Waals surface area contributed by atoms with Crippen LogP contribution in [0.5, 0.6) is 0 Å². The molecule has 2 nitrogen and oxygen atoms in total. The van der Waals surface area contributed by atoms with Crippen molar-refractivity contribution in [2.75, 3.05) is 6.54 Å². The van der Waals surface area contributed by atoms with Gasteiger partial charge in [-0.05, 0) is 49.6 Å². The number of rotatable bonds is 3. The Balaban J connectivity index is 2.01. The standard InChI is InChI=1S/C13H17F2N2/c14-10-4-5-11(15)9(7-10)8-12(16)13-3-1-2-6-17-13/h4-5,7,12-13,16-17H,1-3,6,8H2. The summed E-state index contributed by atoms with van der Waals surface area (Å²) in [6, 6.07) is 3.13. The number of halogens is 2. The van der Waals surface area contributed by atoms with Crippen molar-refractivity contribution in [2.24, 2.45) is 0 Å². The first kappa shape index (κ1) is 12.5. The van der Waals surface area contributed by atoms with E-state index in [1.165, 1.54) is 6.07 Å². The van der Waals surface area contributed by atoms with Crippen LogP contribution in [0.1, 0.15) is 24.8 Å². The molecule has 0 amide bonds. The smallest absolute Gasteiger partial charge is 0.126 e. The molecule has 17 heavy (non-hydrogen) atoms. The Kier molecular flexibility index (Phi) is 4.07. The fourth-order valence-electron chi connectivity index (χ4n) is 2.30. The third kappa shape index (κ3) is 3.23. The van der Waals surface area contributed by atoms with E-state index in [4.69, 9.17) is 5.73 Å². The molecular weight excluding hydrogens is 222 g/mol. The summed E-state index contributed by atoms with van der Waals surface area (Å²) >= 11 is 0. The van der Waals surface area contributed by atoms with Crippen LogP contribution in [0.25, 0.3) is 0 Å². The van der Waals surface area contributed by atoms with Crippen LogP contribution in [-0.2, 0) is 6.42 Å². The van der Waals surface area contributed by atoms with E-state index in [0.29, 0.717) is 5.56 Å². The first-order valence-corrected chi connectivity index (χ1v) is 6.05. The fraction of sp³-hybridized carbons (Fsp3) is 0.538. The number of benzene rings is 1. The van der Waals surface area contributed by atoms with Gasteiger partial charge >= 0.3 is 0 Å². The minimum atomic E-state index is -0.440. The molecule has 1 aliphatic rings. The van der Waals surface area contributed by atoms with Gasteiger partial charge in [-0.25, -0.2) is 8.78 Å². The zero-order valence-corrected chi connectivity index (χ0v) is 9.68. The van der Waals surface area contributed by atoms with E-state index >= 15 is 0 Å². The largest absolute Gasteiger partial charge is 0.312 e. The van der Waals surface area contributed by atoms with E-state index in [9.17, 15) is 8.78 Å². The molecular formula is C13H17F2N2. The van der Waals surface area contributed by atoms with Crippen molar-refractivity contribution >= 4 is 0 Å². The van der Waals surface area contributed by atoms with Crippen LogP contribution in [0.15, 0.2) is 18.2 Å². The highest BCUT2D eigenvalue weighted by Crippen LogP contribution is 2.16. The van der Waals surface area contributed by atoms with Crippen molar-refractivity contribution in [3.63, 3.8) is 0 Å². The number of hydrogen-bond donors (Lipinski definition) is 1. The van der Waals surface area contributed by atoms with Gasteiger partial charge in [0.15, 0.2) is 0 Å². The average molecular weight is 239 g/mol. The molecule has 1 fully saturated rings. The minimum Gasteiger partial charge on any atom is -0.312 e. The molecule has 1 radical (unpaired) electrons. The van der Waals surface area contributed by atoms with E-state index in [-0.39, 0.29) is 12.5 Å². The number of nitrogens with one attached hydrogen (secondary N) is 2. The van der Waals surface area contributed by atoms with Crippen molar-refractivity contribution in [1.82, 2.24) is 11.1 Å². The second-order valence-corrected chi connectivity index (χ2v) is 4.60. The molecule has 1 aromatic rings. The maximum absolute atomic E-state index is 13.4. The van der Waals surface area contributed by atoms with Crippen molar-refractivity contribution in [1.29, 1.82) is 0 Å². The summed E-state index contributed by atoms with van der Waals surface area (Å²) in [7, 11) is 0. The van der Waals surface area contributed by atoms with Crippen LogP contribution in [0.4, 0.5) is 8.78 Å². The van der Waals surface area contributed by atoms with Crippen LogP contribution in [0.3, 0.4) is 0 Å². The molecule has 2 N–H and O–H groups in total. The molecule has 2 atom stereocenters. The second kappa shape index (κ2) is 5.56. The first-order chi connectivity index (χ1) is 8.16. The van der Waals surface area contributed by atoms with Gasteiger partial charge in [0.2, 0.25) is 0 Å². The summed E-state index contributed by atoms with van der Waals surface area (Å²) in [6.45, 7) is 0.922. The lowest BCUT2D eigenvalue weighted by Gasteiger charge is -2.28. The van der Waals surface area contributed by atoms with Crippen molar-refractivity contribution in [3.8, 4) is 0 Å². The highest BCUT2D eigenvalue weighted by molar-refractivity contribution is 5.20. The molecule has 1 aromatic carbocycles. The zero-order chi connectivity index (χ0) is 12.3. The minimum absolute atomic E-state index is 0.103. The quantitative estimate of drug-likeness (QED) is 0.863. The van der Waals surface area contributed by atoms with Gasteiger partial charge in [0.25, 0.3) is 0 Å². The Morgan fingerprint density at radius 1 is 1.35 bits per heavy atom. The Morgan fingerprint density at radius 2 is 2.18 bits per heavy atom. The third-order valence-electron chi connectivity index (χ3n) is 3.28. The van der Waals surface area contributed by atoms with Gasteiger partial charge < -0.3 is 5.32 Å². The van der Waals surface area contributed by atoms with Gasteiger partial charge in [-0.3, -0.25) is 5.73 Å². The Hall–Kier alpha value is -1.00. The van der Waals surface area contributed by atoms with Crippen LogP contribution < -0.4 is 11.1 Å². The highest BCUT2D eigenvalue weighted by Gasteiger charge is 2.21. The highest BCUT2D eigenvalue weighted by atomic mass is 19.1. The zero-order valence-electron chi connectivity index (χ0n) is 9.68. The van der Waals surface area contributed by atoms with E-state index in [1.807, 2.05) is 0 Å². The second-order valence-electron chi connectivity index (χ2n) is 4.60. The van der Waals surface area contributed by atoms with Crippen LogP contribution in [0, 0.1) is 11.6 Å². The Bertz CT molecular complexity index is 376. The van der Waals surface area contributed by atoms with Crippen molar-refractivity contribution < 1.29 is 8.78 Å². The normalized spacial score (nSPS) is 22.4. The summed E-state index contributed by atoms with van der Waals surface area (Å²) < 4.78 is 26.4. The molecule has 1 heterocycles. The molecule has 0 aromatic heterocycles. The van der Waals surface area contributed by atoms with Gasteiger partial charge in [0.1, 0.15) is 11.6 Å². The molecule has 0 saturated carbocycles. The van der Waals surface area contributed by atoms with Crippen LogP contribution >= 0.6 is 0 Å². The lowest BCUT2D eigenvalue weighted by Crippen LogP contribution is -2.44. The number of hydrogen-bond acceptors (Lipinski definition) is 1. The number of piperidine rings is 1. The monoisotopic (exact) mass is 239 g/mol. The van der Waals surface area contributed by atoms with Gasteiger partial charge in [-0.1, -0.05) is 6.42 Å². The summed E-state index contributed by atoms with van der Waals surface area (Å²) in [5, 5.41) is 3.27. The predicted molar refractivity (Wildman–Crippen MR) is 62.6 cm³/mol. The topological polar surface area (TPSA) is 35.8 Å². The molecule has 0 aliphatic carbocycles. The van der Waals surface area contributed by atoms with Gasteiger partial charge in [0, 0.05) is 12.1 Å². The maximum atomic E-state index is 13.4. The molecule has 2 rings (SSSR count). The predicted octanol–water partition coefficient (Wildman–Crippen LogP) is 2.30. The molecule has 0 spiro atoms. The van der Waals surface area contributed by atoms with Gasteiger partial charge in [0.05, 0.1) is 0 Å². The molecule has 4 heteroatoms. The lowest BCUT2D eigenvalue weighted by atomic mass is 9.93. The summed E-state index contributed by atoms with van der Waals surface area (Å²) in [4.78, 5) is 0. The van der Waals surface area contributed by atoms with Crippen LogP contribution in [0.2, 0.25) is 0 Å².